The van der Waals surface area contributed by atoms with Crippen molar-refractivity contribution in [2.75, 3.05) is 15.7 Å². The average Bonchev–Trinajstić information content (AvgIpc) is 2.49. The second-order valence-corrected chi connectivity index (χ2v) is 5.98. The van der Waals surface area contributed by atoms with Gasteiger partial charge in [-0.05, 0) is 30.9 Å². The van der Waals surface area contributed by atoms with Gasteiger partial charge in [0.25, 0.3) is 0 Å². The molecule has 1 aliphatic rings. The average molecular weight is 244 g/mol. The molecule has 2 N–H and O–H groups in total. The van der Waals surface area contributed by atoms with Crippen LogP contribution >= 0.6 is 11.8 Å². The topological polar surface area (TPSA) is 58.2 Å². The van der Waals surface area contributed by atoms with Crippen molar-refractivity contribution < 1.29 is 8.42 Å². The fraction of sp³-hybridized carbons (Fsp3) is 0.333. The van der Waals surface area contributed by atoms with Crippen LogP contribution in [0.25, 0.3) is 0 Å². The third kappa shape index (κ3) is 2.05. The molecule has 0 aliphatic carbocycles. The molecule has 0 fully saturated rings. The molecule has 82 valence electrons. The molecule has 0 aromatic heterocycles. The highest BCUT2D eigenvalue weighted by molar-refractivity contribution is 7.98. The van der Waals surface area contributed by atoms with Gasteiger partial charge in [-0.3, -0.25) is 9.44 Å². The van der Waals surface area contributed by atoms with Crippen LogP contribution in [0.1, 0.15) is 17.7 Å². The summed E-state index contributed by atoms with van der Waals surface area (Å²) in [6, 6.07) is 5.60. The number of hydrogen-bond acceptors (Lipinski definition) is 3. The van der Waals surface area contributed by atoms with Crippen LogP contribution < -0.4 is 9.44 Å². The number of nitrogens with one attached hydrogen (secondary N) is 2. The smallest absolute Gasteiger partial charge is 0.265 e. The van der Waals surface area contributed by atoms with Gasteiger partial charge in [0, 0.05) is 5.25 Å². The van der Waals surface area contributed by atoms with Crippen LogP contribution in [0.2, 0.25) is 0 Å². The summed E-state index contributed by atoms with van der Waals surface area (Å²) in [4.78, 5) is 0. The molecule has 0 saturated carbocycles. The highest BCUT2D eigenvalue weighted by atomic mass is 32.2. The van der Waals surface area contributed by atoms with Gasteiger partial charge in [0.05, 0.1) is 11.4 Å². The van der Waals surface area contributed by atoms with Crippen LogP contribution in [-0.4, -0.2) is 14.7 Å². The Balaban J connectivity index is 2.38. The van der Waals surface area contributed by atoms with Gasteiger partial charge in [0.15, 0.2) is 0 Å². The molecule has 0 spiro atoms. The fourth-order valence-corrected chi connectivity index (χ4v) is 2.83. The number of rotatable bonds is 2. The molecule has 15 heavy (non-hydrogen) atoms. The molecule has 1 unspecified atom stereocenters. The van der Waals surface area contributed by atoms with Crippen molar-refractivity contribution in [2.24, 2.45) is 0 Å². The van der Waals surface area contributed by atoms with Crippen LogP contribution in [-0.2, 0) is 10.2 Å². The Labute approximate surface area is 93.6 Å². The number of anilines is 2. The van der Waals surface area contributed by atoms with Crippen molar-refractivity contribution in [3.05, 3.63) is 23.8 Å². The van der Waals surface area contributed by atoms with E-state index in [4.69, 9.17) is 0 Å². The van der Waals surface area contributed by atoms with E-state index in [9.17, 15) is 8.42 Å². The van der Waals surface area contributed by atoms with Gasteiger partial charge in [-0.15, -0.1) is 0 Å². The first kappa shape index (κ1) is 10.6. The van der Waals surface area contributed by atoms with E-state index in [0.29, 0.717) is 16.6 Å². The quantitative estimate of drug-likeness (QED) is 0.838. The molecule has 1 aliphatic heterocycles. The minimum Gasteiger partial charge on any atom is -0.265 e. The summed E-state index contributed by atoms with van der Waals surface area (Å²) < 4.78 is 27.3. The molecular weight excluding hydrogens is 232 g/mol. The third-order valence-corrected chi connectivity index (χ3v) is 4.31. The largest absolute Gasteiger partial charge is 0.321 e. The molecular formula is C9H12N2O2S2. The van der Waals surface area contributed by atoms with E-state index in [0.717, 1.165) is 5.56 Å². The summed E-state index contributed by atoms with van der Waals surface area (Å²) >= 11 is 1.73. The zero-order valence-electron chi connectivity index (χ0n) is 8.44. The summed E-state index contributed by atoms with van der Waals surface area (Å²) in [5.74, 6) is 0. The molecule has 1 atom stereocenters. The fourth-order valence-electron chi connectivity index (χ4n) is 1.44. The van der Waals surface area contributed by atoms with Crippen molar-refractivity contribution in [2.45, 2.75) is 12.2 Å². The van der Waals surface area contributed by atoms with E-state index < -0.39 is 10.2 Å². The Hall–Kier alpha value is -0.880. The lowest BCUT2D eigenvalue weighted by Crippen LogP contribution is -2.12. The minimum absolute atomic E-state index is 0.361. The molecule has 0 radical (unpaired) electrons. The Bertz CT molecular complexity index is 485. The number of fused-ring (bicyclic) bond motifs is 1. The van der Waals surface area contributed by atoms with Crippen molar-refractivity contribution >= 4 is 33.3 Å². The zero-order valence-corrected chi connectivity index (χ0v) is 10.1. The van der Waals surface area contributed by atoms with Crippen LogP contribution in [0.5, 0.6) is 0 Å². The summed E-state index contributed by atoms with van der Waals surface area (Å²) in [7, 11) is -3.36. The van der Waals surface area contributed by atoms with Crippen molar-refractivity contribution in [3.8, 4) is 0 Å². The Kier molecular flexibility index (Phi) is 2.56. The first-order valence-electron chi connectivity index (χ1n) is 4.49. The molecule has 2 rings (SSSR count). The van der Waals surface area contributed by atoms with E-state index in [1.807, 2.05) is 18.4 Å². The Morgan fingerprint density at radius 3 is 2.60 bits per heavy atom. The first-order chi connectivity index (χ1) is 7.02. The van der Waals surface area contributed by atoms with Crippen LogP contribution in [0.15, 0.2) is 18.2 Å². The van der Waals surface area contributed by atoms with E-state index >= 15 is 0 Å². The predicted octanol–water partition coefficient (Wildman–Crippen LogP) is 2.19. The SMILES string of the molecule is CSC(C)c1ccc2c(c1)NS(=O)(=O)N2. The van der Waals surface area contributed by atoms with Crippen LogP contribution in [0.3, 0.4) is 0 Å². The van der Waals surface area contributed by atoms with Gasteiger partial charge >= 0.3 is 10.2 Å². The summed E-state index contributed by atoms with van der Waals surface area (Å²) in [6.07, 6.45) is 2.03. The molecule has 4 nitrogen and oxygen atoms in total. The van der Waals surface area contributed by atoms with Gasteiger partial charge in [0.1, 0.15) is 0 Å². The molecule has 6 heteroatoms. The molecule has 1 heterocycles. The van der Waals surface area contributed by atoms with E-state index in [2.05, 4.69) is 16.4 Å². The van der Waals surface area contributed by atoms with Crippen LogP contribution in [0, 0.1) is 0 Å². The maximum Gasteiger partial charge on any atom is 0.321 e. The molecule has 0 amide bonds. The van der Waals surface area contributed by atoms with Crippen molar-refractivity contribution in [3.63, 3.8) is 0 Å². The molecule has 0 bridgehead atoms. The lowest BCUT2D eigenvalue weighted by atomic mass is 10.1. The second-order valence-electron chi connectivity index (χ2n) is 3.39. The third-order valence-electron chi connectivity index (χ3n) is 2.36. The molecule has 0 saturated heterocycles. The first-order valence-corrected chi connectivity index (χ1v) is 7.26. The van der Waals surface area contributed by atoms with Crippen molar-refractivity contribution in [1.29, 1.82) is 0 Å². The van der Waals surface area contributed by atoms with E-state index in [1.54, 1.807) is 17.8 Å². The highest BCUT2D eigenvalue weighted by Gasteiger charge is 2.22. The zero-order chi connectivity index (χ0) is 11.1. The second kappa shape index (κ2) is 3.61. The number of hydrogen-bond donors (Lipinski definition) is 2. The van der Waals surface area contributed by atoms with Crippen molar-refractivity contribution in [1.82, 2.24) is 0 Å². The van der Waals surface area contributed by atoms with Crippen LogP contribution in [0.4, 0.5) is 11.4 Å². The maximum atomic E-state index is 11.2. The predicted molar refractivity (Wildman–Crippen MR) is 64.5 cm³/mol. The van der Waals surface area contributed by atoms with Gasteiger partial charge < -0.3 is 0 Å². The number of benzene rings is 1. The number of thioether (sulfide) groups is 1. The summed E-state index contributed by atoms with van der Waals surface area (Å²) in [6.45, 7) is 2.09. The summed E-state index contributed by atoms with van der Waals surface area (Å²) in [5, 5.41) is 0.361. The van der Waals surface area contributed by atoms with E-state index in [-0.39, 0.29) is 0 Å². The van der Waals surface area contributed by atoms with Gasteiger partial charge in [-0.1, -0.05) is 6.07 Å². The normalized spacial score (nSPS) is 18.8. The minimum atomic E-state index is -3.36. The lowest BCUT2D eigenvalue weighted by molar-refractivity contribution is 0.607. The summed E-state index contributed by atoms with van der Waals surface area (Å²) in [5.41, 5.74) is 2.37. The van der Waals surface area contributed by atoms with Gasteiger partial charge in [0.2, 0.25) is 0 Å². The monoisotopic (exact) mass is 244 g/mol. The maximum absolute atomic E-state index is 11.2. The molecule has 1 aromatic carbocycles. The Morgan fingerprint density at radius 1 is 1.27 bits per heavy atom. The standard InChI is InChI=1S/C9H12N2O2S2/c1-6(14-2)7-3-4-8-9(5-7)11-15(12,13)10-8/h3-6,10-11H,1-2H3. The highest BCUT2D eigenvalue weighted by Crippen LogP contribution is 2.35. The van der Waals surface area contributed by atoms with E-state index in [1.165, 1.54) is 0 Å². The Morgan fingerprint density at radius 2 is 1.93 bits per heavy atom. The van der Waals surface area contributed by atoms with Gasteiger partial charge in [-0.25, -0.2) is 0 Å². The lowest BCUT2D eigenvalue weighted by Gasteiger charge is -2.09. The van der Waals surface area contributed by atoms with Gasteiger partial charge in [-0.2, -0.15) is 20.2 Å². The molecule has 1 aromatic rings.